The van der Waals surface area contributed by atoms with Crippen LogP contribution in [-0.4, -0.2) is 24.1 Å². The van der Waals surface area contributed by atoms with Crippen molar-refractivity contribution >= 4 is 11.9 Å². The van der Waals surface area contributed by atoms with E-state index in [0.717, 1.165) is 12.8 Å². The number of ether oxygens (including phenoxy) is 2. The molecule has 4 heteroatoms. The van der Waals surface area contributed by atoms with Gasteiger partial charge in [0.2, 0.25) is 0 Å². The number of carbonyl (C=O) groups excluding carboxylic acids is 2. The third kappa shape index (κ3) is 3.53. The van der Waals surface area contributed by atoms with Gasteiger partial charge in [-0.2, -0.15) is 0 Å². The molecule has 30 heavy (non-hydrogen) atoms. The number of rotatable bonds is 4. The van der Waals surface area contributed by atoms with Crippen molar-refractivity contribution in [1.82, 2.24) is 0 Å². The molecule has 0 aromatic heterocycles. The van der Waals surface area contributed by atoms with Gasteiger partial charge in [0, 0.05) is 11.8 Å². The molecule has 6 rings (SSSR count). The molecule has 0 radical (unpaired) electrons. The van der Waals surface area contributed by atoms with Gasteiger partial charge in [0.1, 0.15) is 12.2 Å². The third-order valence-electron chi connectivity index (χ3n) is 7.48. The van der Waals surface area contributed by atoms with E-state index in [1.807, 2.05) is 36.4 Å². The molecule has 0 spiro atoms. The van der Waals surface area contributed by atoms with Gasteiger partial charge in [-0.05, 0) is 61.8 Å². The predicted molar refractivity (Wildman–Crippen MR) is 113 cm³/mol. The molecule has 0 aliphatic heterocycles. The summed E-state index contributed by atoms with van der Waals surface area (Å²) in [7, 11) is 0. The smallest absolute Gasteiger partial charge is 0.338 e. The standard InChI is InChI=1S/C26H28O4/c27-25(17-9-3-1-4-10-17)29-23-21-15-16-22(20-14-8-7-13-19(20)21)24(23)30-26(28)18-11-5-2-6-12-18/h1-6,9-12,19-24H,7-8,13-16H2. The van der Waals surface area contributed by atoms with Crippen LogP contribution in [0.1, 0.15) is 59.2 Å². The summed E-state index contributed by atoms with van der Waals surface area (Å²) in [5, 5.41) is 0. The van der Waals surface area contributed by atoms with E-state index >= 15 is 0 Å². The van der Waals surface area contributed by atoms with Gasteiger partial charge < -0.3 is 9.47 Å². The molecule has 0 amide bonds. The van der Waals surface area contributed by atoms with Crippen molar-refractivity contribution in [2.75, 3.05) is 0 Å². The van der Waals surface area contributed by atoms with Crippen molar-refractivity contribution < 1.29 is 19.1 Å². The Bertz CT molecular complexity index is 818. The average Bonchev–Trinajstić information content (AvgIpc) is 2.82. The molecule has 4 nitrogen and oxygen atoms in total. The molecule has 2 aromatic rings. The Morgan fingerprint density at radius 2 is 0.967 bits per heavy atom. The molecule has 0 N–H and O–H groups in total. The van der Waals surface area contributed by atoms with Crippen LogP contribution in [0.4, 0.5) is 0 Å². The lowest BCUT2D eigenvalue weighted by Gasteiger charge is -2.56. The zero-order chi connectivity index (χ0) is 20.5. The van der Waals surface area contributed by atoms with Gasteiger partial charge >= 0.3 is 11.9 Å². The fourth-order valence-electron chi connectivity index (χ4n) is 6.21. The average molecular weight is 405 g/mol. The third-order valence-corrected chi connectivity index (χ3v) is 7.48. The van der Waals surface area contributed by atoms with Gasteiger partial charge in [-0.3, -0.25) is 0 Å². The second-order valence-corrected chi connectivity index (χ2v) is 8.99. The Morgan fingerprint density at radius 3 is 1.37 bits per heavy atom. The second kappa shape index (κ2) is 8.25. The van der Waals surface area contributed by atoms with Crippen LogP contribution in [0.2, 0.25) is 0 Å². The lowest BCUT2D eigenvalue weighted by atomic mass is 9.52. The van der Waals surface area contributed by atoms with Crippen molar-refractivity contribution in [2.24, 2.45) is 23.7 Å². The lowest BCUT2D eigenvalue weighted by Crippen LogP contribution is -2.60. The SMILES string of the molecule is O=C(OC1C2CCC(C3CCCCC32)C1OC(=O)c1ccccc1)c1ccccc1. The van der Waals surface area contributed by atoms with Gasteiger partial charge in [-0.1, -0.05) is 49.2 Å². The summed E-state index contributed by atoms with van der Waals surface area (Å²) in [5.41, 5.74) is 1.10. The molecule has 4 saturated carbocycles. The first-order valence-corrected chi connectivity index (χ1v) is 11.2. The molecule has 4 aliphatic carbocycles. The minimum Gasteiger partial charge on any atom is -0.455 e. The van der Waals surface area contributed by atoms with E-state index in [4.69, 9.17) is 9.47 Å². The van der Waals surface area contributed by atoms with Crippen LogP contribution >= 0.6 is 0 Å². The Labute approximate surface area is 177 Å². The number of hydrogen-bond donors (Lipinski definition) is 0. The Balaban J connectivity index is 1.42. The molecular weight excluding hydrogens is 376 g/mol. The molecule has 4 aliphatic rings. The maximum absolute atomic E-state index is 12.9. The fourth-order valence-corrected chi connectivity index (χ4v) is 6.21. The maximum Gasteiger partial charge on any atom is 0.338 e. The molecule has 6 atom stereocenters. The first-order chi connectivity index (χ1) is 14.7. The number of hydrogen-bond acceptors (Lipinski definition) is 4. The zero-order valence-corrected chi connectivity index (χ0v) is 17.1. The van der Waals surface area contributed by atoms with Crippen molar-refractivity contribution in [3.63, 3.8) is 0 Å². The van der Waals surface area contributed by atoms with Gasteiger partial charge in [0.15, 0.2) is 0 Å². The number of esters is 2. The van der Waals surface area contributed by atoms with Crippen LogP contribution in [0, 0.1) is 23.7 Å². The second-order valence-electron chi connectivity index (χ2n) is 8.99. The van der Waals surface area contributed by atoms with E-state index in [2.05, 4.69) is 0 Å². The minimum absolute atomic E-state index is 0.279. The van der Waals surface area contributed by atoms with Crippen molar-refractivity contribution in [3.8, 4) is 0 Å². The summed E-state index contributed by atoms with van der Waals surface area (Å²) in [6.07, 6.45) is 6.29. The highest BCUT2D eigenvalue weighted by molar-refractivity contribution is 5.90. The summed E-state index contributed by atoms with van der Waals surface area (Å²) < 4.78 is 12.2. The first kappa shape index (κ1) is 19.3. The Hall–Kier alpha value is -2.62. The van der Waals surface area contributed by atoms with Crippen LogP contribution in [0.25, 0.3) is 0 Å². The van der Waals surface area contributed by atoms with Crippen LogP contribution < -0.4 is 0 Å². The number of benzene rings is 2. The normalized spacial score (nSPS) is 32.1. The molecule has 156 valence electrons. The fraction of sp³-hybridized carbons (Fsp3) is 0.462. The summed E-state index contributed by atoms with van der Waals surface area (Å²) in [6.45, 7) is 0. The number of carbonyl (C=O) groups is 2. The molecule has 0 heterocycles. The highest BCUT2D eigenvalue weighted by atomic mass is 16.6. The van der Waals surface area contributed by atoms with E-state index in [9.17, 15) is 9.59 Å². The zero-order valence-electron chi connectivity index (χ0n) is 17.1. The lowest BCUT2D eigenvalue weighted by molar-refractivity contribution is -0.174. The van der Waals surface area contributed by atoms with Crippen LogP contribution in [0.5, 0.6) is 0 Å². The highest BCUT2D eigenvalue weighted by Crippen LogP contribution is 2.56. The Morgan fingerprint density at radius 1 is 0.567 bits per heavy atom. The van der Waals surface area contributed by atoms with Crippen LogP contribution in [0.3, 0.4) is 0 Å². The van der Waals surface area contributed by atoms with Crippen LogP contribution in [-0.2, 0) is 9.47 Å². The van der Waals surface area contributed by atoms with Crippen LogP contribution in [0.15, 0.2) is 60.7 Å². The summed E-state index contributed by atoms with van der Waals surface area (Å²) in [5.74, 6) is 1.08. The number of fused-ring (bicyclic) bond motifs is 2. The predicted octanol–water partition coefficient (Wildman–Crippen LogP) is 5.28. The molecule has 2 aromatic carbocycles. The van der Waals surface area contributed by atoms with Gasteiger partial charge in [-0.25, -0.2) is 9.59 Å². The summed E-state index contributed by atoms with van der Waals surface area (Å²) in [6, 6.07) is 18.2. The van der Waals surface area contributed by atoms with Gasteiger partial charge in [-0.15, -0.1) is 0 Å². The monoisotopic (exact) mass is 404 g/mol. The largest absolute Gasteiger partial charge is 0.455 e. The molecular formula is C26H28O4. The first-order valence-electron chi connectivity index (χ1n) is 11.2. The van der Waals surface area contributed by atoms with E-state index in [1.54, 1.807) is 24.3 Å². The quantitative estimate of drug-likeness (QED) is 0.650. The maximum atomic E-state index is 12.9. The highest BCUT2D eigenvalue weighted by Gasteiger charge is 2.57. The van der Waals surface area contributed by atoms with E-state index < -0.39 is 0 Å². The van der Waals surface area contributed by atoms with E-state index in [1.165, 1.54) is 25.7 Å². The van der Waals surface area contributed by atoms with E-state index in [0.29, 0.717) is 23.0 Å². The van der Waals surface area contributed by atoms with Crippen molar-refractivity contribution in [3.05, 3.63) is 71.8 Å². The van der Waals surface area contributed by atoms with Crippen molar-refractivity contribution in [2.45, 2.75) is 50.7 Å². The Kier molecular flexibility index (Phi) is 5.32. The topological polar surface area (TPSA) is 52.6 Å². The van der Waals surface area contributed by atoms with E-state index in [-0.39, 0.29) is 36.0 Å². The van der Waals surface area contributed by atoms with Gasteiger partial charge in [0.05, 0.1) is 11.1 Å². The van der Waals surface area contributed by atoms with Gasteiger partial charge in [0.25, 0.3) is 0 Å². The summed E-state index contributed by atoms with van der Waals surface area (Å²) in [4.78, 5) is 25.8. The molecule has 6 unspecified atom stereocenters. The van der Waals surface area contributed by atoms with Crippen molar-refractivity contribution in [1.29, 1.82) is 0 Å². The molecule has 4 fully saturated rings. The summed E-state index contributed by atoms with van der Waals surface area (Å²) >= 11 is 0. The molecule has 0 saturated heterocycles. The molecule has 2 bridgehead atoms. The minimum atomic E-state index is -0.358.